The molecule has 0 aliphatic rings. The third kappa shape index (κ3) is 2.40. The van der Waals surface area contributed by atoms with Gasteiger partial charge in [0.25, 0.3) is 0 Å². The Labute approximate surface area is 120 Å². The number of aryl methyl sites for hydroxylation is 2. The first-order valence-electron chi connectivity index (χ1n) is 7.22. The monoisotopic (exact) mass is 278 g/mol. The normalized spacial score (nSPS) is 13.8. The summed E-state index contributed by atoms with van der Waals surface area (Å²) in [5.41, 5.74) is 9.11. The molecule has 0 fully saturated rings. The molecule has 0 aromatic carbocycles. The molecule has 0 radical (unpaired) electrons. The lowest BCUT2D eigenvalue weighted by Gasteiger charge is -2.27. The van der Waals surface area contributed by atoms with Gasteiger partial charge in [-0.05, 0) is 33.9 Å². The van der Waals surface area contributed by atoms with Crippen LogP contribution in [0.3, 0.4) is 0 Å². The second-order valence-corrected chi connectivity index (χ2v) is 5.99. The molecule has 1 atom stereocenters. The van der Waals surface area contributed by atoms with Crippen molar-refractivity contribution in [3.8, 4) is 0 Å². The first-order chi connectivity index (χ1) is 9.36. The van der Waals surface area contributed by atoms with Gasteiger partial charge < -0.3 is 10.6 Å². The second-order valence-electron chi connectivity index (χ2n) is 5.99. The van der Waals surface area contributed by atoms with E-state index in [9.17, 15) is 0 Å². The fraction of sp³-hybridized carbons (Fsp3) is 0.714. The Morgan fingerprint density at radius 3 is 2.45 bits per heavy atom. The Morgan fingerprint density at radius 1 is 1.30 bits per heavy atom. The molecule has 2 aromatic rings. The van der Waals surface area contributed by atoms with Crippen molar-refractivity contribution in [2.24, 2.45) is 5.92 Å². The highest BCUT2D eigenvalue weighted by Gasteiger charge is 2.25. The van der Waals surface area contributed by atoms with E-state index in [0.717, 1.165) is 29.9 Å². The van der Waals surface area contributed by atoms with Gasteiger partial charge in [-0.2, -0.15) is 5.10 Å². The summed E-state index contributed by atoms with van der Waals surface area (Å²) in [5, 5.41) is 4.56. The topological polar surface area (TPSA) is 64.9 Å². The average Bonchev–Trinajstić information content (AvgIpc) is 2.83. The molecule has 1 unspecified atom stereocenters. The van der Waals surface area contributed by atoms with E-state index < -0.39 is 0 Å². The molecule has 0 spiro atoms. The predicted octanol–water partition coefficient (Wildman–Crippen LogP) is 1.90. The highest BCUT2D eigenvalue weighted by molar-refractivity contribution is 5.77. The molecule has 2 aromatic heterocycles. The van der Waals surface area contributed by atoms with Crippen LogP contribution in [0, 0.1) is 12.8 Å². The maximum Gasteiger partial charge on any atom is 0.202 e. The van der Waals surface area contributed by atoms with Crippen LogP contribution in [0.4, 0.5) is 5.95 Å². The van der Waals surface area contributed by atoms with Crippen molar-refractivity contribution < 1.29 is 0 Å². The minimum Gasteiger partial charge on any atom is -0.369 e. The SMILES string of the molecule is CCn1nc(C)c2nc(N)n(C(CN(C)C)C(C)C)c21. The fourth-order valence-corrected chi connectivity index (χ4v) is 2.72. The van der Waals surface area contributed by atoms with Crippen LogP contribution >= 0.6 is 0 Å². The standard InChI is InChI=1S/C14H26N6/c1-7-19-13-12(10(4)17-19)16-14(15)20(13)11(9(2)3)8-18(5)6/h9,11H,7-8H2,1-6H3,(H2,15,16). The van der Waals surface area contributed by atoms with Crippen LogP contribution in [0.5, 0.6) is 0 Å². The minimum absolute atomic E-state index is 0.288. The minimum atomic E-state index is 0.288. The molecule has 20 heavy (non-hydrogen) atoms. The van der Waals surface area contributed by atoms with Crippen LogP contribution in [0.25, 0.3) is 11.2 Å². The summed E-state index contributed by atoms with van der Waals surface area (Å²) in [5.74, 6) is 1.06. The first-order valence-corrected chi connectivity index (χ1v) is 7.22. The van der Waals surface area contributed by atoms with Crippen LogP contribution in [0.2, 0.25) is 0 Å². The quantitative estimate of drug-likeness (QED) is 0.907. The van der Waals surface area contributed by atoms with E-state index in [1.165, 1.54) is 0 Å². The Morgan fingerprint density at radius 2 is 1.95 bits per heavy atom. The van der Waals surface area contributed by atoms with Crippen molar-refractivity contribution in [2.75, 3.05) is 26.4 Å². The molecule has 0 saturated carbocycles. The molecule has 0 aliphatic carbocycles. The summed E-state index contributed by atoms with van der Waals surface area (Å²) in [6, 6.07) is 0.288. The lowest BCUT2D eigenvalue weighted by Crippen LogP contribution is -2.29. The van der Waals surface area contributed by atoms with E-state index in [4.69, 9.17) is 5.73 Å². The number of rotatable bonds is 5. The summed E-state index contributed by atoms with van der Waals surface area (Å²) in [4.78, 5) is 6.72. The number of hydrogen-bond acceptors (Lipinski definition) is 4. The van der Waals surface area contributed by atoms with Gasteiger partial charge in [0.05, 0.1) is 11.7 Å². The summed E-state index contributed by atoms with van der Waals surface area (Å²) >= 11 is 0. The highest BCUT2D eigenvalue weighted by atomic mass is 15.4. The lowest BCUT2D eigenvalue weighted by molar-refractivity contribution is 0.273. The Bertz CT molecular complexity index is 592. The third-order valence-corrected chi connectivity index (χ3v) is 3.72. The van der Waals surface area contributed by atoms with E-state index >= 15 is 0 Å². The van der Waals surface area contributed by atoms with Crippen molar-refractivity contribution in [3.63, 3.8) is 0 Å². The maximum absolute atomic E-state index is 6.20. The first kappa shape index (κ1) is 14.8. The molecule has 0 bridgehead atoms. The Hall–Kier alpha value is -1.56. The van der Waals surface area contributed by atoms with Gasteiger partial charge in [-0.1, -0.05) is 13.8 Å². The van der Waals surface area contributed by atoms with Gasteiger partial charge in [-0.15, -0.1) is 0 Å². The number of likely N-dealkylation sites (N-methyl/N-ethyl adjacent to an activating group) is 1. The molecule has 2 rings (SSSR count). The lowest BCUT2D eigenvalue weighted by atomic mass is 10.0. The zero-order valence-electron chi connectivity index (χ0n) is 13.4. The van der Waals surface area contributed by atoms with E-state index in [1.807, 2.05) is 11.6 Å². The second kappa shape index (κ2) is 5.44. The molecule has 0 saturated heterocycles. The number of fused-ring (bicyclic) bond motifs is 1. The number of imidazole rings is 1. The van der Waals surface area contributed by atoms with Gasteiger partial charge >= 0.3 is 0 Å². The van der Waals surface area contributed by atoms with Crippen LogP contribution in [0.1, 0.15) is 32.5 Å². The number of hydrogen-bond donors (Lipinski definition) is 1. The van der Waals surface area contributed by atoms with Crippen LogP contribution < -0.4 is 5.73 Å². The number of aromatic nitrogens is 4. The Kier molecular flexibility index (Phi) is 4.04. The van der Waals surface area contributed by atoms with Gasteiger partial charge in [0, 0.05) is 13.1 Å². The highest BCUT2D eigenvalue weighted by Crippen LogP contribution is 2.29. The molecule has 0 amide bonds. The molecule has 2 N–H and O–H groups in total. The number of nitrogens with two attached hydrogens (primary N) is 1. The van der Waals surface area contributed by atoms with Crippen LogP contribution in [0.15, 0.2) is 0 Å². The van der Waals surface area contributed by atoms with E-state index in [1.54, 1.807) is 0 Å². The van der Waals surface area contributed by atoms with E-state index in [0.29, 0.717) is 11.9 Å². The molecular formula is C14H26N6. The van der Waals surface area contributed by atoms with Gasteiger partial charge in [0.2, 0.25) is 5.95 Å². The fourth-order valence-electron chi connectivity index (χ4n) is 2.72. The van der Waals surface area contributed by atoms with Crippen LogP contribution in [-0.2, 0) is 6.54 Å². The number of nitrogen functional groups attached to an aromatic ring is 1. The zero-order chi connectivity index (χ0) is 15.0. The Balaban J connectivity index is 2.64. The third-order valence-electron chi connectivity index (χ3n) is 3.72. The molecule has 6 heteroatoms. The van der Waals surface area contributed by atoms with Gasteiger partial charge in [-0.25, -0.2) is 9.67 Å². The summed E-state index contributed by atoms with van der Waals surface area (Å²) < 4.78 is 4.16. The van der Waals surface area contributed by atoms with Gasteiger partial charge in [0.1, 0.15) is 5.52 Å². The zero-order valence-corrected chi connectivity index (χ0v) is 13.4. The number of anilines is 1. The van der Waals surface area contributed by atoms with Crippen molar-refractivity contribution in [2.45, 2.75) is 40.3 Å². The summed E-state index contributed by atoms with van der Waals surface area (Å²) in [7, 11) is 4.17. The molecular weight excluding hydrogens is 252 g/mol. The van der Waals surface area contributed by atoms with Crippen molar-refractivity contribution >= 4 is 17.1 Å². The molecule has 0 aliphatic heterocycles. The van der Waals surface area contributed by atoms with Gasteiger partial charge in [-0.3, -0.25) is 4.57 Å². The summed E-state index contributed by atoms with van der Waals surface area (Å²) in [6.07, 6.45) is 0. The molecule has 112 valence electrons. The summed E-state index contributed by atoms with van der Waals surface area (Å²) in [6.45, 7) is 10.3. The van der Waals surface area contributed by atoms with Crippen molar-refractivity contribution in [3.05, 3.63) is 5.69 Å². The average molecular weight is 278 g/mol. The number of nitrogens with zero attached hydrogens (tertiary/aromatic N) is 5. The van der Waals surface area contributed by atoms with E-state index in [2.05, 4.69) is 54.4 Å². The van der Waals surface area contributed by atoms with Gasteiger partial charge in [0.15, 0.2) is 5.65 Å². The van der Waals surface area contributed by atoms with Crippen molar-refractivity contribution in [1.82, 2.24) is 24.2 Å². The predicted molar refractivity (Wildman–Crippen MR) is 82.8 cm³/mol. The smallest absolute Gasteiger partial charge is 0.202 e. The van der Waals surface area contributed by atoms with Crippen molar-refractivity contribution in [1.29, 1.82) is 0 Å². The largest absolute Gasteiger partial charge is 0.369 e. The maximum atomic E-state index is 6.20. The molecule has 6 nitrogen and oxygen atoms in total. The molecule has 2 heterocycles. The van der Waals surface area contributed by atoms with Crippen LogP contribution in [-0.4, -0.2) is 44.9 Å². The van der Waals surface area contributed by atoms with E-state index in [-0.39, 0.29) is 6.04 Å².